The predicted molar refractivity (Wildman–Crippen MR) is 264 cm³/mol. The van der Waals surface area contributed by atoms with Crippen LogP contribution >= 0.6 is 0 Å². The Morgan fingerprint density at radius 3 is 1.45 bits per heavy atom. The first-order valence-electron chi connectivity index (χ1n) is 22.3. The van der Waals surface area contributed by atoms with Crippen molar-refractivity contribution in [1.29, 1.82) is 0 Å². The first-order valence-corrected chi connectivity index (χ1v) is 22.3. The maximum absolute atomic E-state index is 6.64. The summed E-state index contributed by atoms with van der Waals surface area (Å²) in [6.07, 6.45) is 0. The van der Waals surface area contributed by atoms with Crippen molar-refractivity contribution in [3.8, 4) is 22.6 Å². The molecule has 1 aromatic heterocycles. The van der Waals surface area contributed by atoms with Crippen molar-refractivity contribution >= 4 is 39.0 Å². The number of benzene rings is 10. The molecule has 10 aromatic carbocycles. The summed E-state index contributed by atoms with van der Waals surface area (Å²) in [5.41, 5.74) is 15.7. The third-order valence-electron chi connectivity index (χ3n) is 13.9. The molecule has 11 aromatic rings. The summed E-state index contributed by atoms with van der Waals surface area (Å²) >= 11 is 0. The summed E-state index contributed by atoms with van der Waals surface area (Å²) in [6.45, 7) is 0. The highest BCUT2D eigenvalue weighted by molar-refractivity contribution is 6.13. The van der Waals surface area contributed by atoms with Gasteiger partial charge in [0.25, 0.3) is 0 Å². The Hall–Kier alpha value is -8.40. The molecule has 0 radical (unpaired) electrons. The zero-order valence-electron chi connectivity index (χ0n) is 35.4. The molecule has 65 heavy (non-hydrogen) atoms. The van der Waals surface area contributed by atoms with E-state index in [2.05, 4.69) is 248 Å². The standard InChI is InChI=1S/C62H41NO2/c1-3-19-42(20-4-1)61(53-30-12-15-34-57(53)65-58-35-16-13-31-54(58)61)44-37-39-46(40-38-44)63(55-32-18-36-59-60(55)50-27-9-14-33-56(50)64-59)47-24-17-23-45(41-47)62(43-21-5-2-6-22-43)51-28-10-7-25-48(51)49-26-8-11-29-52(49)62/h1-41H. The fourth-order valence-corrected chi connectivity index (χ4v) is 11.3. The number of para-hydroxylation sites is 3. The quantitative estimate of drug-likeness (QED) is 0.160. The second kappa shape index (κ2) is 14.6. The lowest BCUT2D eigenvalue weighted by molar-refractivity contribution is 0.434. The largest absolute Gasteiger partial charge is 0.457 e. The average molecular weight is 832 g/mol. The van der Waals surface area contributed by atoms with Crippen molar-refractivity contribution in [3.63, 3.8) is 0 Å². The zero-order chi connectivity index (χ0) is 43.0. The van der Waals surface area contributed by atoms with Crippen molar-refractivity contribution in [3.05, 3.63) is 293 Å². The van der Waals surface area contributed by atoms with E-state index < -0.39 is 10.8 Å². The SMILES string of the molecule is c1ccc(C2(c3ccc(N(c4cccc(C5(c6ccccc6)c6ccccc6-c6ccccc65)c4)c4cccc5oc6ccccc6c45)cc3)c3ccccc3Oc3ccccc32)cc1. The van der Waals surface area contributed by atoms with Gasteiger partial charge in [0.05, 0.1) is 21.9 Å². The minimum absolute atomic E-state index is 0.555. The molecule has 0 saturated carbocycles. The van der Waals surface area contributed by atoms with E-state index in [0.717, 1.165) is 67.2 Å². The molecular weight excluding hydrogens is 791 g/mol. The van der Waals surface area contributed by atoms with Gasteiger partial charge in [0.1, 0.15) is 22.7 Å². The third kappa shape index (κ3) is 5.36. The molecule has 1 aliphatic carbocycles. The van der Waals surface area contributed by atoms with E-state index >= 15 is 0 Å². The lowest BCUT2D eigenvalue weighted by Crippen LogP contribution is -2.34. The van der Waals surface area contributed by atoms with Gasteiger partial charge in [0.2, 0.25) is 0 Å². The van der Waals surface area contributed by atoms with Gasteiger partial charge in [0.15, 0.2) is 0 Å². The van der Waals surface area contributed by atoms with Crippen LogP contribution in [0.4, 0.5) is 17.1 Å². The Bertz CT molecular complexity index is 3500. The Morgan fingerprint density at radius 2 is 0.800 bits per heavy atom. The summed E-state index contributed by atoms with van der Waals surface area (Å²) in [6, 6.07) is 90.0. The van der Waals surface area contributed by atoms with Crippen LogP contribution in [0, 0.1) is 0 Å². The van der Waals surface area contributed by atoms with Gasteiger partial charge < -0.3 is 14.1 Å². The number of rotatable bonds is 7. The Kier molecular flexibility index (Phi) is 8.34. The van der Waals surface area contributed by atoms with Crippen LogP contribution in [0.2, 0.25) is 0 Å². The molecule has 2 heterocycles. The molecule has 13 rings (SSSR count). The first kappa shape index (κ1) is 37.2. The predicted octanol–water partition coefficient (Wildman–Crippen LogP) is 15.9. The van der Waals surface area contributed by atoms with Crippen molar-refractivity contribution in [2.45, 2.75) is 10.8 Å². The summed E-state index contributed by atoms with van der Waals surface area (Å²) < 4.78 is 13.2. The number of fused-ring (bicyclic) bond motifs is 8. The molecule has 0 spiro atoms. The fraction of sp³-hybridized carbons (Fsp3) is 0.0323. The van der Waals surface area contributed by atoms with E-state index in [0.29, 0.717) is 0 Å². The van der Waals surface area contributed by atoms with E-state index in [1.165, 1.54) is 38.9 Å². The molecule has 1 aliphatic heterocycles. The molecular formula is C62H41NO2. The number of hydrogen-bond donors (Lipinski definition) is 0. The Balaban J connectivity index is 1.07. The van der Waals surface area contributed by atoms with Gasteiger partial charge in [0, 0.05) is 27.9 Å². The van der Waals surface area contributed by atoms with Crippen LogP contribution in [-0.2, 0) is 10.8 Å². The molecule has 3 nitrogen and oxygen atoms in total. The maximum atomic E-state index is 6.64. The Morgan fingerprint density at radius 1 is 0.323 bits per heavy atom. The lowest BCUT2D eigenvalue weighted by atomic mass is 9.63. The highest BCUT2D eigenvalue weighted by atomic mass is 16.5. The molecule has 0 saturated heterocycles. The topological polar surface area (TPSA) is 25.6 Å². The monoisotopic (exact) mass is 831 g/mol. The second-order valence-corrected chi connectivity index (χ2v) is 17.1. The number of nitrogens with zero attached hydrogens (tertiary/aromatic N) is 1. The van der Waals surface area contributed by atoms with Gasteiger partial charge in [-0.2, -0.15) is 0 Å². The summed E-state index contributed by atoms with van der Waals surface area (Å²) in [5.74, 6) is 1.72. The molecule has 0 fully saturated rings. The Labute approximate surface area is 378 Å². The molecule has 0 N–H and O–H groups in total. The highest BCUT2D eigenvalue weighted by Crippen LogP contribution is 2.58. The van der Waals surface area contributed by atoms with Gasteiger partial charge in [-0.25, -0.2) is 0 Å². The molecule has 3 heteroatoms. The molecule has 2 aliphatic rings. The lowest BCUT2D eigenvalue weighted by Gasteiger charge is -2.41. The van der Waals surface area contributed by atoms with E-state index in [1.807, 2.05) is 6.07 Å². The normalized spacial score (nSPS) is 13.9. The van der Waals surface area contributed by atoms with Gasteiger partial charge in [-0.1, -0.05) is 194 Å². The van der Waals surface area contributed by atoms with E-state index in [1.54, 1.807) is 0 Å². The van der Waals surface area contributed by atoms with Gasteiger partial charge in [-0.05, 0) is 99.1 Å². The summed E-state index contributed by atoms with van der Waals surface area (Å²) in [7, 11) is 0. The van der Waals surface area contributed by atoms with Crippen LogP contribution in [0.1, 0.15) is 44.5 Å². The van der Waals surface area contributed by atoms with Crippen LogP contribution in [0.5, 0.6) is 11.5 Å². The third-order valence-corrected chi connectivity index (χ3v) is 13.9. The molecule has 0 unspecified atom stereocenters. The molecule has 0 amide bonds. The molecule has 0 bridgehead atoms. The minimum atomic E-state index is -0.637. The van der Waals surface area contributed by atoms with Crippen LogP contribution in [0.25, 0.3) is 33.1 Å². The maximum Gasteiger partial charge on any atom is 0.137 e. The fourth-order valence-electron chi connectivity index (χ4n) is 11.3. The zero-order valence-corrected chi connectivity index (χ0v) is 35.4. The van der Waals surface area contributed by atoms with Gasteiger partial charge >= 0.3 is 0 Å². The minimum Gasteiger partial charge on any atom is -0.457 e. The first-order chi connectivity index (χ1) is 32.2. The van der Waals surface area contributed by atoms with Crippen molar-refractivity contribution < 1.29 is 9.15 Å². The van der Waals surface area contributed by atoms with E-state index in [-0.39, 0.29) is 0 Å². The number of hydrogen-bond acceptors (Lipinski definition) is 3. The number of furan rings is 1. The van der Waals surface area contributed by atoms with Crippen LogP contribution in [-0.4, -0.2) is 0 Å². The summed E-state index contributed by atoms with van der Waals surface area (Å²) in [5, 5.41) is 2.15. The molecule has 0 atom stereocenters. The second-order valence-electron chi connectivity index (χ2n) is 17.1. The van der Waals surface area contributed by atoms with Crippen LogP contribution < -0.4 is 9.64 Å². The van der Waals surface area contributed by atoms with Crippen molar-refractivity contribution in [2.75, 3.05) is 4.90 Å². The number of anilines is 3. The highest BCUT2D eigenvalue weighted by Gasteiger charge is 2.47. The number of ether oxygens (including phenoxy) is 1. The average Bonchev–Trinajstić information content (AvgIpc) is 3.91. The smallest absolute Gasteiger partial charge is 0.137 e. The van der Waals surface area contributed by atoms with Crippen LogP contribution in [0.15, 0.2) is 253 Å². The van der Waals surface area contributed by atoms with Gasteiger partial charge in [-0.15, -0.1) is 0 Å². The van der Waals surface area contributed by atoms with E-state index in [9.17, 15) is 0 Å². The summed E-state index contributed by atoms with van der Waals surface area (Å²) in [4.78, 5) is 2.42. The van der Waals surface area contributed by atoms with Crippen LogP contribution in [0.3, 0.4) is 0 Å². The molecule has 306 valence electrons. The van der Waals surface area contributed by atoms with Crippen molar-refractivity contribution in [2.24, 2.45) is 0 Å². The van der Waals surface area contributed by atoms with E-state index in [4.69, 9.17) is 9.15 Å². The van der Waals surface area contributed by atoms with Crippen molar-refractivity contribution in [1.82, 2.24) is 0 Å². The van der Waals surface area contributed by atoms with Gasteiger partial charge in [-0.3, -0.25) is 0 Å².